The van der Waals surface area contributed by atoms with Gasteiger partial charge in [0.25, 0.3) is 5.91 Å². The summed E-state index contributed by atoms with van der Waals surface area (Å²) in [5, 5.41) is 5.25. The Morgan fingerprint density at radius 2 is 1.90 bits per heavy atom. The van der Waals surface area contributed by atoms with Gasteiger partial charge in [0.15, 0.2) is 0 Å². The Kier molecular flexibility index (Phi) is 4.55. The van der Waals surface area contributed by atoms with Crippen LogP contribution in [0.4, 0.5) is 0 Å². The van der Waals surface area contributed by atoms with Crippen LogP contribution in [0.5, 0.6) is 0 Å². The van der Waals surface area contributed by atoms with Gasteiger partial charge in [0.1, 0.15) is 5.76 Å². The molecule has 0 spiro atoms. The van der Waals surface area contributed by atoms with Gasteiger partial charge in [-0.2, -0.15) is 0 Å². The summed E-state index contributed by atoms with van der Waals surface area (Å²) >= 11 is 0. The van der Waals surface area contributed by atoms with Gasteiger partial charge in [-0.3, -0.25) is 9.59 Å². The second kappa shape index (κ2) is 6.56. The van der Waals surface area contributed by atoms with Crippen molar-refractivity contribution in [3.63, 3.8) is 0 Å². The van der Waals surface area contributed by atoms with Crippen molar-refractivity contribution >= 4 is 11.8 Å². The SMILES string of the molecule is Cc1ccccc1C(=O)NCC(=O)NCc1ccco1. The minimum atomic E-state index is -0.261. The van der Waals surface area contributed by atoms with Crippen LogP contribution in [0.1, 0.15) is 21.7 Å². The van der Waals surface area contributed by atoms with E-state index in [1.54, 1.807) is 30.5 Å². The molecule has 5 heteroatoms. The standard InChI is InChI=1S/C15H16N2O3/c1-11-5-2-3-7-13(11)15(19)17-10-14(18)16-9-12-6-4-8-20-12/h2-8H,9-10H2,1H3,(H,16,18)(H,17,19). The highest BCUT2D eigenvalue weighted by molar-refractivity contribution is 5.97. The molecule has 1 aromatic heterocycles. The lowest BCUT2D eigenvalue weighted by molar-refractivity contribution is -0.120. The van der Waals surface area contributed by atoms with Crippen molar-refractivity contribution in [1.29, 1.82) is 0 Å². The molecule has 0 aliphatic rings. The molecular weight excluding hydrogens is 256 g/mol. The molecule has 104 valence electrons. The zero-order valence-corrected chi connectivity index (χ0v) is 11.2. The first-order valence-electron chi connectivity index (χ1n) is 6.29. The summed E-state index contributed by atoms with van der Waals surface area (Å²) in [6.07, 6.45) is 1.54. The van der Waals surface area contributed by atoms with Gasteiger partial charge < -0.3 is 15.1 Å². The molecule has 2 amide bonds. The van der Waals surface area contributed by atoms with E-state index < -0.39 is 0 Å². The number of carbonyl (C=O) groups excluding carboxylic acids is 2. The van der Waals surface area contributed by atoms with Crippen LogP contribution in [0.15, 0.2) is 47.1 Å². The maximum Gasteiger partial charge on any atom is 0.251 e. The van der Waals surface area contributed by atoms with Gasteiger partial charge >= 0.3 is 0 Å². The molecule has 0 radical (unpaired) electrons. The third-order valence-electron chi connectivity index (χ3n) is 2.84. The number of carbonyl (C=O) groups is 2. The third kappa shape index (κ3) is 3.71. The van der Waals surface area contributed by atoms with E-state index in [1.807, 2.05) is 19.1 Å². The number of furan rings is 1. The molecule has 5 nitrogen and oxygen atoms in total. The maximum absolute atomic E-state index is 11.9. The summed E-state index contributed by atoms with van der Waals surface area (Å²) in [6, 6.07) is 10.8. The van der Waals surface area contributed by atoms with Gasteiger partial charge in [0.05, 0.1) is 19.4 Å². The number of benzene rings is 1. The second-order valence-corrected chi connectivity index (χ2v) is 4.35. The van der Waals surface area contributed by atoms with E-state index in [-0.39, 0.29) is 18.4 Å². The highest BCUT2D eigenvalue weighted by atomic mass is 16.3. The number of nitrogens with one attached hydrogen (secondary N) is 2. The van der Waals surface area contributed by atoms with Crippen LogP contribution < -0.4 is 10.6 Å². The van der Waals surface area contributed by atoms with E-state index in [4.69, 9.17) is 4.42 Å². The van der Waals surface area contributed by atoms with Crippen LogP contribution in [-0.2, 0) is 11.3 Å². The van der Waals surface area contributed by atoms with Crippen molar-refractivity contribution in [1.82, 2.24) is 10.6 Å². The molecule has 0 aliphatic carbocycles. The normalized spacial score (nSPS) is 10.1. The van der Waals surface area contributed by atoms with Crippen LogP contribution in [0.3, 0.4) is 0 Å². The monoisotopic (exact) mass is 272 g/mol. The Morgan fingerprint density at radius 3 is 2.60 bits per heavy atom. The van der Waals surface area contributed by atoms with Crippen LogP contribution in [0.25, 0.3) is 0 Å². The van der Waals surface area contributed by atoms with Gasteiger partial charge in [-0.25, -0.2) is 0 Å². The Bertz CT molecular complexity index is 591. The average Bonchev–Trinajstić information content (AvgIpc) is 2.96. The lowest BCUT2D eigenvalue weighted by Gasteiger charge is -2.07. The highest BCUT2D eigenvalue weighted by Gasteiger charge is 2.09. The summed E-state index contributed by atoms with van der Waals surface area (Å²) in [4.78, 5) is 23.5. The van der Waals surface area contributed by atoms with Gasteiger partial charge in [0, 0.05) is 5.56 Å². The number of amides is 2. The first kappa shape index (κ1) is 13.9. The molecule has 0 fully saturated rings. The fourth-order valence-corrected chi connectivity index (χ4v) is 1.74. The van der Waals surface area contributed by atoms with Crippen molar-refractivity contribution in [2.24, 2.45) is 0 Å². The van der Waals surface area contributed by atoms with Crippen molar-refractivity contribution in [3.05, 3.63) is 59.5 Å². The molecular formula is C15H16N2O3. The zero-order chi connectivity index (χ0) is 14.4. The number of aryl methyl sites for hydroxylation is 1. The molecule has 2 aromatic rings. The number of hydrogen-bond acceptors (Lipinski definition) is 3. The largest absolute Gasteiger partial charge is 0.467 e. The summed E-state index contributed by atoms with van der Waals surface area (Å²) < 4.78 is 5.09. The van der Waals surface area contributed by atoms with Crippen LogP contribution >= 0.6 is 0 Å². The number of rotatable bonds is 5. The molecule has 0 saturated heterocycles. The van der Waals surface area contributed by atoms with Gasteiger partial charge in [-0.05, 0) is 30.7 Å². The number of hydrogen-bond donors (Lipinski definition) is 2. The summed E-state index contributed by atoms with van der Waals surface area (Å²) in [7, 11) is 0. The first-order valence-corrected chi connectivity index (χ1v) is 6.29. The molecule has 0 aliphatic heterocycles. The fraction of sp³-hybridized carbons (Fsp3) is 0.200. The smallest absolute Gasteiger partial charge is 0.251 e. The predicted molar refractivity (Wildman–Crippen MR) is 74.1 cm³/mol. The van der Waals surface area contributed by atoms with E-state index >= 15 is 0 Å². The second-order valence-electron chi connectivity index (χ2n) is 4.35. The average molecular weight is 272 g/mol. The van der Waals surface area contributed by atoms with Gasteiger partial charge in [0.2, 0.25) is 5.91 Å². The van der Waals surface area contributed by atoms with Crippen molar-refractivity contribution in [2.75, 3.05) is 6.54 Å². The van der Waals surface area contributed by atoms with E-state index in [0.717, 1.165) is 5.56 Å². The molecule has 1 heterocycles. The zero-order valence-electron chi connectivity index (χ0n) is 11.2. The Labute approximate surface area is 117 Å². The molecule has 1 aromatic carbocycles. The fourth-order valence-electron chi connectivity index (χ4n) is 1.74. The van der Waals surface area contributed by atoms with Crippen LogP contribution in [0.2, 0.25) is 0 Å². The van der Waals surface area contributed by atoms with Crippen molar-refractivity contribution < 1.29 is 14.0 Å². The van der Waals surface area contributed by atoms with E-state index in [2.05, 4.69) is 10.6 Å². The van der Waals surface area contributed by atoms with Crippen molar-refractivity contribution in [3.8, 4) is 0 Å². The van der Waals surface area contributed by atoms with Crippen molar-refractivity contribution in [2.45, 2.75) is 13.5 Å². The minimum Gasteiger partial charge on any atom is -0.467 e. The Balaban J connectivity index is 1.78. The summed E-state index contributed by atoms with van der Waals surface area (Å²) in [5.74, 6) is 0.156. The molecule has 20 heavy (non-hydrogen) atoms. The lowest BCUT2D eigenvalue weighted by atomic mass is 10.1. The molecule has 2 N–H and O–H groups in total. The molecule has 0 unspecified atom stereocenters. The highest BCUT2D eigenvalue weighted by Crippen LogP contribution is 2.06. The van der Waals surface area contributed by atoms with Gasteiger partial charge in [-0.1, -0.05) is 18.2 Å². The van der Waals surface area contributed by atoms with E-state index in [0.29, 0.717) is 17.9 Å². The Hall–Kier alpha value is -2.56. The molecule has 2 rings (SSSR count). The van der Waals surface area contributed by atoms with Crippen LogP contribution in [-0.4, -0.2) is 18.4 Å². The van der Waals surface area contributed by atoms with Crippen LogP contribution in [0, 0.1) is 6.92 Å². The topological polar surface area (TPSA) is 71.3 Å². The summed E-state index contributed by atoms with van der Waals surface area (Å²) in [5.41, 5.74) is 1.45. The summed E-state index contributed by atoms with van der Waals surface area (Å²) in [6.45, 7) is 2.10. The Morgan fingerprint density at radius 1 is 1.10 bits per heavy atom. The first-order chi connectivity index (χ1) is 9.66. The minimum absolute atomic E-state index is 0.0616. The lowest BCUT2D eigenvalue weighted by Crippen LogP contribution is -2.36. The molecule has 0 saturated carbocycles. The quantitative estimate of drug-likeness (QED) is 0.869. The molecule has 0 bridgehead atoms. The maximum atomic E-state index is 11.9. The van der Waals surface area contributed by atoms with E-state index in [9.17, 15) is 9.59 Å². The van der Waals surface area contributed by atoms with E-state index in [1.165, 1.54) is 0 Å². The van der Waals surface area contributed by atoms with Gasteiger partial charge in [-0.15, -0.1) is 0 Å². The third-order valence-corrected chi connectivity index (χ3v) is 2.84. The predicted octanol–water partition coefficient (Wildman–Crippen LogP) is 1.63. The molecule has 0 atom stereocenters.